The first kappa shape index (κ1) is 16.8. The van der Waals surface area contributed by atoms with Crippen molar-refractivity contribution in [2.75, 3.05) is 6.54 Å². The van der Waals surface area contributed by atoms with Crippen LogP contribution in [0.2, 0.25) is 0 Å². The van der Waals surface area contributed by atoms with Crippen LogP contribution in [0.3, 0.4) is 0 Å². The second-order valence-electron chi connectivity index (χ2n) is 5.51. The van der Waals surface area contributed by atoms with Crippen molar-refractivity contribution in [1.82, 2.24) is 4.90 Å². The molecule has 20 heavy (non-hydrogen) atoms. The number of alkyl halides is 3. The molecule has 7 heteroatoms. The van der Waals surface area contributed by atoms with Gasteiger partial charge in [0.2, 0.25) is 5.91 Å². The molecule has 2 unspecified atom stereocenters. The van der Waals surface area contributed by atoms with Crippen molar-refractivity contribution in [2.45, 2.75) is 51.7 Å². The SMILES string of the molecule is CC(C)N(CC(F)(F)F)C(=O)C1CCCCC1C(=O)O. The molecule has 1 N–H and O–H groups in total. The van der Waals surface area contributed by atoms with Gasteiger partial charge in [-0.15, -0.1) is 0 Å². The van der Waals surface area contributed by atoms with E-state index in [9.17, 15) is 22.8 Å². The molecule has 0 radical (unpaired) electrons. The number of carboxylic acids is 1. The third-order valence-electron chi connectivity index (χ3n) is 3.66. The van der Waals surface area contributed by atoms with Gasteiger partial charge in [-0.3, -0.25) is 9.59 Å². The highest BCUT2D eigenvalue weighted by molar-refractivity contribution is 5.85. The maximum Gasteiger partial charge on any atom is 0.406 e. The maximum atomic E-state index is 12.5. The first-order chi connectivity index (χ1) is 9.13. The lowest BCUT2D eigenvalue weighted by Crippen LogP contribution is -2.49. The van der Waals surface area contributed by atoms with E-state index in [-0.39, 0.29) is 0 Å². The van der Waals surface area contributed by atoms with Gasteiger partial charge in [-0.1, -0.05) is 12.8 Å². The summed E-state index contributed by atoms with van der Waals surface area (Å²) in [6.07, 6.45) is -2.41. The summed E-state index contributed by atoms with van der Waals surface area (Å²) in [6.45, 7) is 1.68. The fraction of sp³-hybridized carbons (Fsp3) is 0.846. The summed E-state index contributed by atoms with van der Waals surface area (Å²) in [5.41, 5.74) is 0. The van der Waals surface area contributed by atoms with E-state index < -0.39 is 42.5 Å². The molecule has 0 bridgehead atoms. The first-order valence-electron chi connectivity index (χ1n) is 6.73. The fourth-order valence-corrected chi connectivity index (χ4v) is 2.64. The van der Waals surface area contributed by atoms with Crippen LogP contribution in [0.25, 0.3) is 0 Å². The Balaban J connectivity index is 2.89. The van der Waals surface area contributed by atoms with Gasteiger partial charge in [0.25, 0.3) is 0 Å². The summed E-state index contributed by atoms with van der Waals surface area (Å²) in [7, 11) is 0. The molecule has 1 amide bonds. The van der Waals surface area contributed by atoms with E-state index >= 15 is 0 Å². The number of carbonyl (C=O) groups excluding carboxylic acids is 1. The topological polar surface area (TPSA) is 57.6 Å². The number of halogens is 3. The lowest BCUT2D eigenvalue weighted by atomic mass is 9.78. The number of hydrogen-bond donors (Lipinski definition) is 1. The molecule has 1 saturated carbocycles. The summed E-state index contributed by atoms with van der Waals surface area (Å²) in [5.74, 6) is -3.50. The minimum Gasteiger partial charge on any atom is -0.481 e. The van der Waals surface area contributed by atoms with Gasteiger partial charge in [0.05, 0.1) is 11.8 Å². The van der Waals surface area contributed by atoms with Gasteiger partial charge in [0.1, 0.15) is 6.54 Å². The summed E-state index contributed by atoms with van der Waals surface area (Å²) in [6, 6.07) is -0.611. The smallest absolute Gasteiger partial charge is 0.406 e. The average Bonchev–Trinajstić information content (AvgIpc) is 2.33. The molecular formula is C13H20F3NO3. The van der Waals surface area contributed by atoms with Gasteiger partial charge in [-0.2, -0.15) is 13.2 Å². The maximum absolute atomic E-state index is 12.5. The third kappa shape index (κ3) is 4.38. The number of aliphatic carboxylic acids is 1. The zero-order valence-corrected chi connectivity index (χ0v) is 11.6. The molecule has 1 rings (SSSR count). The number of carboxylic acid groups (broad SMARTS) is 1. The van der Waals surface area contributed by atoms with E-state index in [1.165, 1.54) is 13.8 Å². The highest BCUT2D eigenvalue weighted by Crippen LogP contribution is 2.33. The third-order valence-corrected chi connectivity index (χ3v) is 3.66. The zero-order chi connectivity index (χ0) is 15.5. The van der Waals surface area contributed by atoms with Gasteiger partial charge < -0.3 is 10.0 Å². The Kier molecular flexibility index (Phi) is 5.42. The number of amides is 1. The Bertz CT molecular complexity index is 368. The standard InChI is InChI=1S/C13H20F3NO3/c1-8(2)17(7-13(14,15)16)11(18)9-5-3-4-6-10(9)12(19)20/h8-10H,3-7H2,1-2H3,(H,19,20). The van der Waals surface area contributed by atoms with E-state index in [4.69, 9.17) is 5.11 Å². The first-order valence-corrected chi connectivity index (χ1v) is 6.73. The van der Waals surface area contributed by atoms with Crippen LogP contribution in [0.4, 0.5) is 13.2 Å². The number of hydrogen-bond acceptors (Lipinski definition) is 2. The number of nitrogens with zero attached hydrogens (tertiary/aromatic N) is 1. The minimum atomic E-state index is -4.48. The summed E-state index contributed by atoms with van der Waals surface area (Å²) in [4.78, 5) is 24.2. The van der Waals surface area contributed by atoms with Gasteiger partial charge in [0.15, 0.2) is 0 Å². The van der Waals surface area contributed by atoms with Crippen molar-refractivity contribution in [3.05, 3.63) is 0 Å². The van der Waals surface area contributed by atoms with Crippen molar-refractivity contribution >= 4 is 11.9 Å². The largest absolute Gasteiger partial charge is 0.481 e. The molecule has 2 atom stereocenters. The summed E-state index contributed by atoms with van der Waals surface area (Å²) in [5, 5.41) is 9.12. The van der Waals surface area contributed by atoms with E-state index in [0.29, 0.717) is 25.7 Å². The van der Waals surface area contributed by atoms with Crippen molar-refractivity contribution in [3.8, 4) is 0 Å². The molecule has 0 aromatic heterocycles. The Hall–Kier alpha value is -1.27. The summed E-state index contributed by atoms with van der Waals surface area (Å²) >= 11 is 0. The highest BCUT2D eigenvalue weighted by atomic mass is 19.4. The van der Waals surface area contributed by atoms with E-state index in [2.05, 4.69) is 0 Å². The predicted octanol–water partition coefficient (Wildman–Crippen LogP) is 2.68. The molecule has 0 aromatic carbocycles. The Morgan fingerprint density at radius 1 is 1.20 bits per heavy atom. The van der Waals surface area contributed by atoms with Gasteiger partial charge in [-0.25, -0.2) is 0 Å². The fourth-order valence-electron chi connectivity index (χ4n) is 2.64. The van der Waals surface area contributed by atoms with Crippen LogP contribution in [0.15, 0.2) is 0 Å². The normalized spacial score (nSPS) is 23.7. The van der Waals surface area contributed by atoms with E-state index in [0.717, 1.165) is 4.90 Å². The molecule has 0 aliphatic heterocycles. The lowest BCUT2D eigenvalue weighted by molar-refractivity contribution is -0.171. The van der Waals surface area contributed by atoms with Crippen LogP contribution in [-0.2, 0) is 9.59 Å². The van der Waals surface area contributed by atoms with Crippen molar-refractivity contribution < 1.29 is 27.9 Å². The van der Waals surface area contributed by atoms with E-state index in [1.807, 2.05) is 0 Å². The number of carbonyl (C=O) groups is 2. The molecule has 0 saturated heterocycles. The molecule has 1 fully saturated rings. The molecule has 0 spiro atoms. The van der Waals surface area contributed by atoms with Crippen LogP contribution < -0.4 is 0 Å². The van der Waals surface area contributed by atoms with Crippen molar-refractivity contribution in [3.63, 3.8) is 0 Å². The van der Waals surface area contributed by atoms with Crippen molar-refractivity contribution in [2.24, 2.45) is 11.8 Å². The molecule has 4 nitrogen and oxygen atoms in total. The van der Waals surface area contributed by atoms with Gasteiger partial charge in [0, 0.05) is 6.04 Å². The van der Waals surface area contributed by atoms with Gasteiger partial charge >= 0.3 is 12.1 Å². The molecule has 0 heterocycles. The Labute approximate surface area is 115 Å². The molecule has 116 valence electrons. The predicted molar refractivity (Wildman–Crippen MR) is 66.0 cm³/mol. The van der Waals surface area contributed by atoms with Gasteiger partial charge in [-0.05, 0) is 26.7 Å². The molecular weight excluding hydrogens is 275 g/mol. The Morgan fingerprint density at radius 2 is 1.70 bits per heavy atom. The minimum absolute atomic E-state index is 0.344. The summed E-state index contributed by atoms with van der Waals surface area (Å²) < 4.78 is 37.6. The Morgan fingerprint density at radius 3 is 2.10 bits per heavy atom. The second-order valence-corrected chi connectivity index (χ2v) is 5.51. The quantitative estimate of drug-likeness (QED) is 0.867. The second kappa shape index (κ2) is 6.45. The molecule has 1 aliphatic carbocycles. The number of rotatable bonds is 4. The molecule has 0 aromatic rings. The van der Waals surface area contributed by atoms with Crippen LogP contribution in [0.5, 0.6) is 0 Å². The van der Waals surface area contributed by atoms with Crippen molar-refractivity contribution in [1.29, 1.82) is 0 Å². The van der Waals surface area contributed by atoms with Crippen LogP contribution in [-0.4, -0.2) is 40.6 Å². The highest BCUT2D eigenvalue weighted by Gasteiger charge is 2.41. The monoisotopic (exact) mass is 295 g/mol. The average molecular weight is 295 g/mol. The van der Waals surface area contributed by atoms with Crippen LogP contribution >= 0.6 is 0 Å². The lowest BCUT2D eigenvalue weighted by Gasteiger charge is -2.35. The van der Waals surface area contributed by atoms with E-state index in [1.54, 1.807) is 0 Å². The van der Waals surface area contributed by atoms with Crippen LogP contribution in [0.1, 0.15) is 39.5 Å². The zero-order valence-electron chi connectivity index (χ0n) is 11.6. The van der Waals surface area contributed by atoms with Crippen LogP contribution in [0, 0.1) is 11.8 Å². The molecule has 1 aliphatic rings.